The Morgan fingerprint density at radius 2 is 2.24 bits per heavy atom. The second-order valence-electron chi connectivity index (χ2n) is 4.89. The number of hydrogen-bond acceptors (Lipinski definition) is 4. The van der Waals surface area contributed by atoms with E-state index in [1.165, 1.54) is 0 Å². The zero-order valence-corrected chi connectivity index (χ0v) is 12.7. The van der Waals surface area contributed by atoms with Crippen molar-refractivity contribution in [2.75, 3.05) is 18.1 Å². The lowest BCUT2D eigenvalue weighted by atomic mass is 10.2. The standard InChI is InChI=1S/C15H18ClN3O2/c1-10(19(2)9-12-4-3-7-21-12)15(20)18-14-6-5-11(16)8-13(14)17/h3-8,10H,9,17H2,1-2H3,(H,18,20). The van der Waals surface area contributed by atoms with Gasteiger partial charge < -0.3 is 15.5 Å². The first-order valence-corrected chi connectivity index (χ1v) is 6.93. The molecule has 1 unspecified atom stereocenters. The minimum Gasteiger partial charge on any atom is -0.468 e. The van der Waals surface area contributed by atoms with Crippen LogP contribution >= 0.6 is 11.6 Å². The maximum atomic E-state index is 12.2. The maximum absolute atomic E-state index is 12.2. The highest BCUT2D eigenvalue weighted by Crippen LogP contribution is 2.23. The molecule has 0 aliphatic carbocycles. The molecule has 21 heavy (non-hydrogen) atoms. The van der Waals surface area contributed by atoms with Crippen LogP contribution < -0.4 is 11.1 Å². The average Bonchev–Trinajstić information content (AvgIpc) is 2.93. The molecule has 112 valence electrons. The number of rotatable bonds is 5. The quantitative estimate of drug-likeness (QED) is 0.833. The van der Waals surface area contributed by atoms with Gasteiger partial charge in [0, 0.05) is 5.02 Å². The van der Waals surface area contributed by atoms with Gasteiger partial charge in [-0.15, -0.1) is 0 Å². The molecule has 3 N–H and O–H groups in total. The number of benzene rings is 1. The van der Waals surface area contributed by atoms with Gasteiger partial charge in [0.2, 0.25) is 5.91 Å². The van der Waals surface area contributed by atoms with Gasteiger partial charge >= 0.3 is 0 Å². The Labute approximate surface area is 128 Å². The molecule has 1 atom stereocenters. The van der Waals surface area contributed by atoms with E-state index in [9.17, 15) is 4.79 Å². The first kappa shape index (κ1) is 15.4. The Balaban J connectivity index is 1.98. The summed E-state index contributed by atoms with van der Waals surface area (Å²) in [6, 6.07) is 8.35. The molecular formula is C15H18ClN3O2. The number of furan rings is 1. The summed E-state index contributed by atoms with van der Waals surface area (Å²) in [6.45, 7) is 2.38. The number of carbonyl (C=O) groups excluding carboxylic acids is 1. The van der Waals surface area contributed by atoms with E-state index >= 15 is 0 Å². The summed E-state index contributed by atoms with van der Waals surface area (Å²) in [5.41, 5.74) is 6.83. The fourth-order valence-electron chi connectivity index (χ4n) is 1.87. The van der Waals surface area contributed by atoms with E-state index < -0.39 is 0 Å². The van der Waals surface area contributed by atoms with Gasteiger partial charge in [0.15, 0.2) is 0 Å². The Morgan fingerprint density at radius 1 is 1.48 bits per heavy atom. The third kappa shape index (κ3) is 4.00. The average molecular weight is 308 g/mol. The van der Waals surface area contributed by atoms with Crippen LogP contribution in [0.1, 0.15) is 12.7 Å². The third-order valence-corrected chi connectivity index (χ3v) is 3.53. The maximum Gasteiger partial charge on any atom is 0.241 e. The molecule has 6 heteroatoms. The zero-order valence-electron chi connectivity index (χ0n) is 12.0. The van der Waals surface area contributed by atoms with Crippen LogP contribution in [0.3, 0.4) is 0 Å². The van der Waals surface area contributed by atoms with Crippen molar-refractivity contribution in [2.45, 2.75) is 19.5 Å². The Morgan fingerprint density at radius 3 is 2.86 bits per heavy atom. The third-order valence-electron chi connectivity index (χ3n) is 3.30. The molecule has 0 spiro atoms. The Hall–Kier alpha value is -1.98. The summed E-state index contributed by atoms with van der Waals surface area (Å²) in [6.07, 6.45) is 1.61. The van der Waals surface area contributed by atoms with Gasteiger partial charge in [-0.1, -0.05) is 11.6 Å². The molecule has 2 rings (SSSR count). The minimum atomic E-state index is -0.329. The van der Waals surface area contributed by atoms with E-state index in [1.807, 2.05) is 31.0 Å². The number of carbonyl (C=O) groups is 1. The summed E-state index contributed by atoms with van der Waals surface area (Å²) < 4.78 is 5.28. The smallest absolute Gasteiger partial charge is 0.241 e. The number of nitrogen functional groups attached to an aromatic ring is 1. The molecule has 0 aliphatic rings. The van der Waals surface area contributed by atoms with Crippen LogP contribution in [-0.2, 0) is 11.3 Å². The van der Waals surface area contributed by atoms with Crippen molar-refractivity contribution in [1.82, 2.24) is 4.90 Å². The van der Waals surface area contributed by atoms with Crippen LogP contribution in [0.4, 0.5) is 11.4 Å². The molecule has 0 fully saturated rings. The molecule has 0 aliphatic heterocycles. The van der Waals surface area contributed by atoms with Crippen molar-refractivity contribution in [1.29, 1.82) is 0 Å². The normalized spacial score (nSPS) is 12.4. The highest BCUT2D eigenvalue weighted by molar-refractivity contribution is 6.31. The first-order valence-electron chi connectivity index (χ1n) is 6.56. The van der Waals surface area contributed by atoms with Gasteiger partial charge in [0.1, 0.15) is 5.76 Å². The summed E-state index contributed by atoms with van der Waals surface area (Å²) in [5, 5.41) is 3.34. The summed E-state index contributed by atoms with van der Waals surface area (Å²) >= 11 is 5.83. The fourth-order valence-corrected chi connectivity index (χ4v) is 2.05. The van der Waals surface area contributed by atoms with E-state index in [0.717, 1.165) is 5.76 Å². The molecule has 0 saturated carbocycles. The lowest BCUT2D eigenvalue weighted by Crippen LogP contribution is -2.39. The largest absolute Gasteiger partial charge is 0.468 e. The fraction of sp³-hybridized carbons (Fsp3) is 0.267. The summed E-state index contributed by atoms with van der Waals surface area (Å²) in [4.78, 5) is 14.1. The van der Waals surface area contributed by atoms with Gasteiger partial charge in [0.05, 0.1) is 30.2 Å². The number of nitrogens with zero attached hydrogens (tertiary/aromatic N) is 1. The number of amides is 1. The van der Waals surface area contributed by atoms with Gasteiger partial charge in [0.25, 0.3) is 0 Å². The molecule has 1 aromatic heterocycles. The number of halogens is 1. The summed E-state index contributed by atoms with van der Waals surface area (Å²) in [7, 11) is 1.86. The van der Waals surface area contributed by atoms with Crippen molar-refractivity contribution in [3.63, 3.8) is 0 Å². The van der Waals surface area contributed by atoms with Crippen molar-refractivity contribution in [3.05, 3.63) is 47.4 Å². The van der Waals surface area contributed by atoms with Crippen molar-refractivity contribution < 1.29 is 9.21 Å². The van der Waals surface area contributed by atoms with Crippen LogP contribution in [0.25, 0.3) is 0 Å². The molecular weight excluding hydrogens is 290 g/mol. The van der Waals surface area contributed by atoms with Crippen LogP contribution in [-0.4, -0.2) is 23.9 Å². The molecule has 0 bridgehead atoms. The lowest BCUT2D eigenvalue weighted by molar-refractivity contribution is -0.120. The second-order valence-corrected chi connectivity index (χ2v) is 5.33. The van der Waals surface area contributed by atoms with Gasteiger partial charge in [-0.2, -0.15) is 0 Å². The van der Waals surface area contributed by atoms with E-state index in [-0.39, 0.29) is 11.9 Å². The highest BCUT2D eigenvalue weighted by Gasteiger charge is 2.19. The lowest BCUT2D eigenvalue weighted by Gasteiger charge is -2.23. The molecule has 5 nitrogen and oxygen atoms in total. The van der Waals surface area contributed by atoms with Gasteiger partial charge in [-0.05, 0) is 44.3 Å². The van der Waals surface area contributed by atoms with Crippen LogP contribution in [0.5, 0.6) is 0 Å². The molecule has 0 saturated heterocycles. The highest BCUT2D eigenvalue weighted by atomic mass is 35.5. The summed E-state index contributed by atoms with van der Waals surface area (Å²) in [5.74, 6) is 0.668. The second kappa shape index (κ2) is 6.65. The molecule has 2 aromatic rings. The van der Waals surface area contributed by atoms with Gasteiger partial charge in [-0.25, -0.2) is 0 Å². The SMILES string of the molecule is CC(C(=O)Nc1ccc(Cl)cc1N)N(C)Cc1ccco1. The van der Waals surface area contributed by atoms with Crippen molar-refractivity contribution >= 4 is 28.9 Å². The number of anilines is 2. The van der Waals surface area contributed by atoms with Crippen molar-refractivity contribution in [2.24, 2.45) is 0 Å². The molecule has 1 heterocycles. The zero-order chi connectivity index (χ0) is 15.4. The van der Waals surface area contributed by atoms with E-state index in [0.29, 0.717) is 22.9 Å². The van der Waals surface area contributed by atoms with Crippen LogP contribution in [0.15, 0.2) is 41.0 Å². The van der Waals surface area contributed by atoms with E-state index in [2.05, 4.69) is 5.32 Å². The number of hydrogen-bond donors (Lipinski definition) is 2. The number of nitrogens with two attached hydrogens (primary N) is 1. The van der Waals surface area contributed by atoms with Crippen LogP contribution in [0, 0.1) is 0 Å². The first-order chi connectivity index (χ1) is 9.97. The van der Waals surface area contributed by atoms with E-state index in [4.69, 9.17) is 21.8 Å². The van der Waals surface area contributed by atoms with E-state index in [1.54, 1.807) is 24.5 Å². The number of likely N-dealkylation sites (N-methyl/N-ethyl adjacent to an activating group) is 1. The Bertz CT molecular complexity index is 613. The predicted octanol–water partition coefficient (Wildman–Crippen LogP) is 2.97. The Kier molecular flexibility index (Phi) is 4.88. The topological polar surface area (TPSA) is 71.5 Å². The molecule has 1 aromatic carbocycles. The minimum absolute atomic E-state index is 0.141. The monoisotopic (exact) mass is 307 g/mol. The van der Waals surface area contributed by atoms with Crippen molar-refractivity contribution in [3.8, 4) is 0 Å². The molecule has 0 radical (unpaired) electrons. The van der Waals surface area contributed by atoms with Gasteiger partial charge in [-0.3, -0.25) is 9.69 Å². The molecule has 1 amide bonds. The van der Waals surface area contributed by atoms with Crippen LogP contribution in [0.2, 0.25) is 5.02 Å². The predicted molar refractivity (Wildman–Crippen MR) is 84.1 cm³/mol. The number of nitrogens with one attached hydrogen (secondary N) is 1.